The van der Waals surface area contributed by atoms with E-state index < -0.39 is 10.0 Å². The number of benzene rings is 1. The van der Waals surface area contributed by atoms with Crippen molar-refractivity contribution < 1.29 is 17.6 Å². The number of carbonyl (C=O) groups is 1. The first kappa shape index (κ1) is 20.4. The van der Waals surface area contributed by atoms with E-state index in [1.807, 2.05) is 33.8 Å². The number of sulfonamides is 1. The molecule has 0 N–H and O–H groups in total. The summed E-state index contributed by atoms with van der Waals surface area (Å²) in [6.45, 7) is 8.88. The summed E-state index contributed by atoms with van der Waals surface area (Å²) in [4.78, 5) is 14.4. The van der Waals surface area contributed by atoms with Crippen molar-refractivity contribution in [2.75, 3.05) is 26.2 Å². The third-order valence-electron chi connectivity index (χ3n) is 5.38. The van der Waals surface area contributed by atoms with Gasteiger partial charge in [-0.1, -0.05) is 6.07 Å². The van der Waals surface area contributed by atoms with Crippen LogP contribution < -0.4 is 0 Å². The van der Waals surface area contributed by atoms with Gasteiger partial charge in [0.2, 0.25) is 15.9 Å². The van der Waals surface area contributed by atoms with Crippen molar-refractivity contribution >= 4 is 22.0 Å². The van der Waals surface area contributed by atoms with Crippen LogP contribution in [0.4, 0.5) is 0 Å². The second-order valence-corrected chi connectivity index (χ2v) is 9.04. The molecular formula is C21H26N2O4S. The number of rotatable bonds is 4. The van der Waals surface area contributed by atoms with Crippen LogP contribution in [-0.4, -0.2) is 49.7 Å². The normalized spacial score (nSPS) is 16.1. The number of hydrogen-bond donors (Lipinski definition) is 0. The molecule has 0 unspecified atom stereocenters. The number of furan rings is 1. The molecule has 2 heterocycles. The molecule has 0 bridgehead atoms. The van der Waals surface area contributed by atoms with Gasteiger partial charge in [-0.2, -0.15) is 4.31 Å². The van der Waals surface area contributed by atoms with E-state index in [4.69, 9.17) is 4.42 Å². The van der Waals surface area contributed by atoms with Gasteiger partial charge in [0.1, 0.15) is 5.76 Å². The van der Waals surface area contributed by atoms with Crippen LogP contribution in [0.1, 0.15) is 28.0 Å². The van der Waals surface area contributed by atoms with Gasteiger partial charge in [0.05, 0.1) is 11.2 Å². The van der Waals surface area contributed by atoms with Crippen LogP contribution in [0.3, 0.4) is 0 Å². The number of carbonyl (C=O) groups excluding carboxylic acids is 1. The molecule has 1 aliphatic heterocycles. The molecule has 6 nitrogen and oxygen atoms in total. The Morgan fingerprint density at radius 3 is 2.18 bits per heavy atom. The minimum atomic E-state index is -3.60. The Balaban J connectivity index is 1.73. The molecule has 7 heteroatoms. The maximum atomic E-state index is 13.3. The van der Waals surface area contributed by atoms with Gasteiger partial charge in [0.25, 0.3) is 0 Å². The monoisotopic (exact) mass is 402 g/mol. The number of hydrogen-bond acceptors (Lipinski definition) is 4. The van der Waals surface area contributed by atoms with Crippen molar-refractivity contribution in [2.24, 2.45) is 0 Å². The second kappa shape index (κ2) is 7.93. The van der Waals surface area contributed by atoms with Gasteiger partial charge >= 0.3 is 0 Å². The SMILES string of the molecule is Cc1cc(C)c(C)c(S(=O)(=O)N2CCN(C(=O)C=Cc3ccco3)CC2)c1C. The van der Waals surface area contributed by atoms with Crippen molar-refractivity contribution in [1.82, 2.24) is 9.21 Å². The second-order valence-electron chi connectivity index (χ2n) is 7.17. The average Bonchev–Trinajstić information content (AvgIpc) is 3.18. The summed E-state index contributed by atoms with van der Waals surface area (Å²) in [5, 5.41) is 0. The van der Waals surface area contributed by atoms with Gasteiger partial charge in [-0.05, 0) is 68.2 Å². The summed E-state index contributed by atoms with van der Waals surface area (Å²) in [6, 6.07) is 5.54. The smallest absolute Gasteiger partial charge is 0.246 e. The molecule has 1 amide bonds. The maximum Gasteiger partial charge on any atom is 0.246 e. The molecule has 0 atom stereocenters. The quantitative estimate of drug-likeness (QED) is 0.737. The highest BCUT2D eigenvalue weighted by Crippen LogP contribution is 2.29. The highest BCUT2D eigenvalue weighted by molar-refractivity contribution is 7.89. The Labute approximate surface area is 166 Å². The first-order valence-electron chi connectivity index (χ1n) is 9.30. The summed E-state index contributed by atoms with van der Waals surface area (Å²) >= 11 is 0. The first-order valence-corrected chi connectivity index (χ1v) is 10.7. The van der Waals surface area contributed by atoms with E-state index in [0.29, 0.717) is 23.7 Å². The minimum absolute atomic E-state index is 0.146. The summed E-state index contributed by atoms with van der Waals surface area (Å²) in [5.41, 5.74) is 3.53. The lowest BCUT2D eigenvalue weighted by molar-refractivity contribution is -0.127. The number of nitrogens with zero attached hydrogens (tertiary/aromatic N) is 2. The Kier molecular flexibility index (Phi) is 5.76. The zero-order valence-corrected chi connectivity index (χ0v) is 17.5. The Morgan fingerprint density at radius 1 is 1.04 bits per heavy atom. The zero-order chi connectivity index (χ0) is 20.5. The summed E-state index contributed by atoms with van der Waals surface area (Å²) in [7, 11) is -3.60. The fourth-order valence-corrected chi connectivity index (χ4v) is 5.49. The summed E-state index contributed by atoms with van der Waals surface area (Å²) in [5.74, 6) is 0.461. The highest BCUT2D eigenvalue weighted by Gasteiger charge is 2.32. The molecule has 1 aliphatic rings. The fraction of sp³-hybridized carbons (Fsp3) is 0.381. The van der Waals surface area contributed by atoms with Crippen LogP contribution in [0.2, 0.25) is 0 Å². The molecule has 150 valence electrons. The standard InChI is InChI=1S/C21H26N2O4S/c1-15-14-16(2)18(4)21(17(15)3)28(25,26)23-11-9-22(10-12-23)20(24)8-7-19-6-5-13-27-19/h5-8,13-14H,9-12H2,1-4H3. The van der Waals surface area contributed by atoms with Crippen LogP contribution in [0.15, 0.2) is 39.9 Å². The van der Waals surface area contributed by atoms with Gasteiger partial charge < -0.3 is 9.32 Å². The average molecular weight is 403 g/mol. The van der Waals surface area contributed by atoms with Crippen LogP contribution in [0.5, 0.6) is 0 Å². The molecule has 2 aromatic rings. The van der Waals surface area contributed by atoms with Gasteiger partial charge in [0, 0.05) is 32.3 Å². The fourth-order valence-electron chi connectivity index (χ4n) is 3.49. The van der Waals surface area contributed by atoms with E-state index in [0.717, 1.165) is 22.3 Å². The van der Waals surface area contributed by atoms with E-state index in [2.05, 4.69) is 0 Å². The molecule has 0 radical (unpaired) electrons. The van der Waals surface area contributed by atoms with Crippen molar-refractivity contribution in [3.05, 3.63) is 58.6 Å². The Morgan fingerprint density at radius 2 is 1.64 bits per heavy atom. The number of aryl methyl sites for hydroxylation is 2. The number of piperazine rings is 1. The van der Waals surface area contributed by atoms with Crippen LogP contribution >= 0.6 is 0 Å². The zero-order valence-electron chi connectivity index (χ0n) is 16.7. The lowest BCUT2D eigenvalue weighted by Gasteiger charge is -2.34. The third kappa shape index (κ3) is 3.91. The van der Waals surface area contributed by atoms with E-state index in [-0.39, 0.29) is 19.0 Å². The van der Waals surface area contributed by atoms with Gasteiger partial charge in [-0.15, -0.1) is 0 Å². The van der Waals surface area contributed by atoms with E-state index in [9.17, 15) is 13.2 Å². The molecule has 28 heavy (non-hydrogen) atoms. The predicted octanol–water partition coefficient (Wildman–Crippen LogP) is 3.06. The molecule has 1 saturated heterocycles. The molecule has 0 saturated carbocycles. The van der Waals surface area contributed by atoms with Crippen molar-refractivity contribution in [1.29, 1.82) is 0 Å². The molecule has 1 aromatic heterocycles. The molecule has 0 spiro atoms. The highest BCUT2D eigenvalue weighted by atomic mass is 32.2. The van der Waals surface area contributed by atoms with Crippen molar-refractivity contribution in [2.45, 2.75) is 32.6 Å². The molecule has 1 fully saturated rings. The van der Waals surface area contributed by atoms with Gasteiger partial charge in [0.15, 0.2) is 0 Å². The van der Waals surface area contributed by atoms with Crippen molar-refractivity contribution in [3.63, 3.8) is 0 Å². The van der Waals surface area contributed by atoms with Gasteiger partial charge in [-0.3, -0.25) is 4.79 Å². The third-order valence-corrected chi connectivity index (χ3v) is 7.55. The largest absolute Gasteiger partial charge is 0.465 e. The molecule has 3 rings (SSSR count). The van der Waals surface area contributed by atoms with Crippen molar-refractivity contribution in [3.8, 4) is 0 Å². The van der Waals surface area contributed by atoms with Crippen LogP contribution in [0, 0.1) is 27.7 Å². The van der Waals surface area contributed by atoms with Crippen LogP contribution in [0.25, 0.3) is 6.08 Å². The minimum Gasteiger partial charge on any atom is -0.465 e. The summed E-state index contributed by atoms with van der Waals surface area (Å²) in [6.07, 6.45) is 4.62. The number of amides is 1. The van der Waals surface area contributed by atoms with E-state index >= 15 is 0 Å². The maximum absolute atomic E-state index is 13.3. The molecular weight excluding hydrogens is 376 g/mol. The summed E-state index contributed by atoms with van der Waals surface area (Å²) < 4.78 is 33.2. The van der Waals surface area contributed by atoms with E-state index in [1.54, 1.807) is 29.4 Å². The Bertz CT molecular complexity index is 973. The Hall–Kier alpha value is -2.38. The lowest BCUT2D eigenvalue weighted by Crippen LogP contribution is -2.50. The topological polar surface area (TPSA) is 70.8 Å². The first-order chi connectivity index (χ1) is 13.2. The molecule has 1 aromatic carbocycles. The lowest BCUT2D eigenvalue weighted by atomic mass is 10.0. The van der Waals surface area contributed by atoms with Gasteiger partial charge in [-0.25, -0.2) is 8.42 Å². The van der Waals surface area contributed by atoms with E-state index in [1.165, 1.54) is 10.4 Å². The molecule has 0 aliphatic carbocycles. The van der Waals surface area contributed by atoms with Crippen LogP contribution in [-0.2, 0) is 14.8 Å². The predicted molar refractivity (Wildman–Crippen MR) is 108 cm³/mol.